The van der Waals surface area contributed by atoms with E-state index >= 15 is 0 Å². The quantitative estimate of drug-likeness (QED) is 0.709. The SMILES string of the molecule is NCCNC(=O)c1cnc(Cl)cn1. The molecule has 0 saturated carbocycles. The summed E-state index contributed by atoms with van der Waals surface area (Å²) in [6, 6.07) is 0. The lowest BCUT2D eigenvalue weighted by Gasteiger charge is -2.01. The van der Waals surface area contributed by atoms with Gasteiger partial charge in [0.25, 0.3) is 5.91 Å². The molecule has 1 aromatic rings. The highest BCUT2D eigenvalue weighted by Gasteiger charge is 2.05. The van der Waals surface area contributed by atoms with Crippen LogP contribution in [0.2, 0.25) is 5.15 Å². The Kier molecular flexibility index (Phi) is 3.60. The van der Waals surface area contributed by atoms with Gasteiger partial charge in [0, 0.05) is 13.1 Å². The van der Waals surface area contributed by atoms with Crippen molar-refractivity contribution in [3.8, 4) is 0 Å². The first-order valence-electron chi connectivity index (χ1n) is 3.70. The van der Waals surface area contributed by atoms with Crippen LogP contribution < -0.4 is 11.1 Å². The second-order valence-corrected chi connectivity index (χ2v) is 2.66. The minimum absolute atomic E-state index is 0.234. The van der Waals surface area contributed by atoms with E-state index in [2.05, 4.69) is 15.3 Å². The molecule has 0 unspecified atom stereocenters. The maximum absolute atomic E-state index is 11.2. The molecule has 0 aliphatic carbocycles. The number of rotatable bonds is 3. The fourth-order valence-electron chi connectivity index (χ4n) is 0.706. The van der Waals surface area contributed by atoms with Gasteiger partial charge < -0.3 is 11.1 Å². The summed E-state index contributed by atoms with van der Waals surface area (Å²) < 4.78 is 0. The number of nitrogens with one attached hydrogen (secondary N) is 1. The van der Waals surface area contributed by atoms with E-state index in [1.165, 1.54) is 12.4 Å². The van der Waals surface area contributed by atoms with Crippen LogP contribution in [-0.2, 0) is 0 Å². The van der Waals surface area contributed by atoms with Crippen LogP contribution >= 0.6 is 11.6 Å². The molecule has 1 amide bonds. The van der Waals surface area contributed by atoms with Crippen molar-refractivity contribution >= 4 is 17.5 Å². The van der Waals surface area contributed by atoms with Crippen LogP contribution in [0.25, 0.3) is 0 Å². The number of carbonyl (C=O) groups is 1. The summed E-state index contributed by atoms with van der Waals surface area (Å²) in [5.41, 5.74) is 5.44. The average Bonchev–Trinajstić information content (AvgIpc) is 2.15. The first-order valence-corrected chi connectivity index (χ1v) is 4.07. The van der Waals surface area contributed by atoms with E-state index in [1.54, 1.807) is 0 Å². The Morgan fingerprint density at radius 1 is 1.54 bits per heavy atom. The fourth-order valence-corrected chi connectivity index (χ4v) is 0.803. The van der Waals surface area contributed by atoms with Gasteiger partial charge >= 0.3 is 0 Å². The maximum atomic E-state index is 11.2. The summed E-state index contributed by atoms with van der Waals surface area (Å²) >= 11 is 5.50. The zero-order valence-electron chi connectivity index (χ0n) is 6.83. The summed E-state index contributed by atoms with van der Waals surface area (Å²) in [6.45, 7) is 0.815. The van der Waals surface area contributed by atoms with E-state index in [4.69, 9.17) is 17.3 Å². The highest BCUT2D eigenvalue weighted by atomic mass is 35.5. The number of halogens is 1. The predicted octanol–water partition coefficient (Wildman–Crippen LogP) is -0.182. The summed E-state index contributed by atoms with van der Waals surface area (Å²) in [7, 11) is 0. The van der Waals surface area contributed by atoms with Crippen LogP contribution in [0.3, 0.4) is 0 Å². The third-order valence-electron chi connectivity index (χ3n) is 1.28. The smallest absolute Gasteiger partial charge is 0.271 e. The molecule has 1 heterocycles. The highest BCUT2D eigenvalue weighted by molar-refractivity contribution is 6.29. The molecule has 1 aromatic heterocycles. The molecular formula is C7H9ClN4O. The van der Waals surface area contributed by atoms with Gasteiger partial charge in [-0.2, -0.15) is 0 Å². The zero-order chi connectivity index (χ0) is 9.68. The normalized spacial score (nSPS) is 9.69. The van der Waals surface area contributed by atoms with Crippen LogP contribution in [0.4, 0.5) is 0 Å². The topological polar surface area (TPSA) is 80.9 Å². The van der Waals surface area contributed by atoms with Gasteiger partial charge in [0.05, 0.1) is 12.4 Å². The molecule has 0 aromatic carbocycles. The number of nitrogens with zero attached hydrogens (tertiary/aromatic N) is 2. The molecule has 0 atom stereocenters. The Balaban J connectivity index is 2.61. The molecule has 5 nitrogen and oxygen atoms in total. The predicted molar refractivity (Wildman–Crippen MR) is 48.4 cm³/mol. The first kappa shape index (κ1) is 9.88. The average molecular weight is 201 g/mol. The standard InChI is InChI=1S/C7H9ClN4O/c8-6-4-11-5(3-12-6)7(13)10-2-1-9/h3-4H,1-2,9H2,(H,10,13). The van der Waals surface area contributed by atoms with E-state index in [9.17, 15) is 4.79 Å². The van der Waals surface area contributed by atoms with E-state index in [0.717, 1.165) is 0 Å². The van der Waals surface area contributed by atoms with Gasteiger partial charge in [-0.3, -0.25) is 4.79 Å². The van der Waals surface area contributed by atoms with E-state index in [0.29, 0.717) is 13.1 Å². The number of hydrogen-bond acceptors (Lipinski definition) is 4. The van der Waals surface area contributed by atoms with Gasteiger partial charge in [-0.05, 0) is 0 Å². The fraction of sp³-hybridized carbons (Fsp3) is 0.286. The third kappa shape index (κ3) is 2.96. The van der Waals surface area contributed by atoms with Crippen molar-refractivity contribution in [1.82, 2.24) is 15.3 Å². The monoisotopic (exact) mass is 200 g/mol. The molecule has 0 radical (unpaired) electrons. The van der Waals surface area contributed by atoms with Gasteiger partial charge in [0.15, 0.2) is 0 Å². The first-order chi connectivity index (χ1) is 6.24. The molecule has 6 heteroatoms. The largest absolute Gasteiger partial charge is 0.349 e. The molecule has 3 N–H and O–H groups in total. The maximum Gasteiger partial charge on any atom is 0.271 e. The summed E-state index contributed by atoms with van der Waals surface area (Å²) in [5.74, 6) is -0.297. The van der Waals surface area contributed by atoms with Crippen LogP contribution in [0.15, 0.2) is 12.4 Å². The molecule has 0 spiro atoms. The molecule has 0 bridgehead atoms. The van der Waals surface area contributed by atoms with E-state index in [-0.39, 0.29) is 16.8 Å². The number of carbonyl (C=O) groups excluding carboxylic acids is 1. The minimum atomic E-state index is -0.297. The van der Waals surface area contributed by atoms with Crippen molar-refractivity contribution in [2.45, 2.75) is 0 Å². The van der Waals surface area contributed by atoms with Crippen LogP contribution in [0, 0.1) is 0 Å². The van der Waals surface area contributed by atoms with Gasteiger partial charge in [-0.15, -0.1) is 0 Å². The molecule has 0 fully saturated rings. The van der Waals surface area contributed by atoms with E-state index < -0.39 is 0 Å². The van der Waals surface area contributed by atoms with Crippen LogP contribution in [-0.4, -0.2) is 29.0 Å². The molecule has 13 heavy (non-hydrogen) atoms. The van der Waals surface area contributed by atoms with Crippen molar-refractivity contribution in [2.75, 3.05) is 13.1 Å². The number of amides is 1. The van der Waals surface area contributed by atoms with E-state index in [1.807, 2.05) is 0 Å². The Morgan fingerprint density at radius 3 is 2.85 bits per heavy atom. The Morgan fingerprint density at radius 2 is 2.31 bits per heavy atom. The number of aromatic nitrogens is 2. The van der Waals surface area contributed by atoms with Gasteiger partial charge in [0.2, 0.25) is 0 Å². The van der Waals surface area contributed by atoms with Gasteiger partial charge in [-0.1, -0.05) is 11.6 Å². The van der Waals surface area contributed by atoms with Crippen LogP contribution in [0.5, 0.6) is 0 Å². The number of nitrogens with two attached hydrogens (primary N) is 1. The summed E-state index contributed by atoms with van der Waals surface area (Å²) in [4.78, 5) is 18.7. The lowest BCUT2D eigenvalue weighted by Crippen LogP contribution is -2.29. The van der Waals surface area contributed by atoms with Crippen molar-refractivity contribution in [2.24, 2.45) is 5.73 Å². The molecular weight excluding hydrogens is 192 g/mol. The third-order valence-corrected chi connectivity index (χ3v) is 1.48. The van der Waals surface area contributed by atoms with Crippen LogP contribution in [0.1, 0.15) is 10.5 Å². The van der Waals surface area contributed by atoms with Crippen molar-refractivity contribution < 1.29 is 4.79 Å². The second kappa shape index (κ2) is 4.74. The van der Waals surface area contributed by atoms with Gasteiger partial charge in [-0.25, -0.2) is 9.97 Å². The highest BCUT2D eigenvalue weighted by Crippen LogP contribution is 2.00. The molecule has 0 aliphatic rings. The molecule has 0 aliphatic heterocycles. The minimum Gasteiger partial charge on any atom is -0.349 e. The van der Waals surface area contributed by atoms with Crippen molar-refractivity contribution in [3.05, 3.63) is 23.2 Å². The van der Waals surface area contributed by atoms with Crippen molar-refractivity contribution in [1.29, 1.82) is 0 Å². The lowest BCUT2D eigenvalue weighted by atomic mass is 10.4. The second-order valence-electron chi connectivity index (χ2n) is 2.27. The lowest BCUT2D eigenvalue weighted by molar-refractivity contribution is 0.0949. The Labute approximate surface area is 80.3 Å². The van der Waals surface area contributed by atoms with Gasteiger partial charge in [0.1, 0.15) is 10.8 Å². The Hall–Kier alpha value is -1.20. The Bertz CT molecular complexity index is 287. The molecule has 1 rings (SSSR count). The molecule has 70 valence electrons. The zero-order valence-corrected chi connectivity index (χ0v) is 7.58. The summed E-state index contributed by atoms with van der Waals surface area (Å²) in [5, 5.41) is 2.82. The number of hydrogen-bond donors (Lipinski definition) is 2. The summed E-state index contributed by atoms with van der Waals surface area (Å²) in [6.07, 6.45) is 2.63. The van der Waals surface area contributed by atoms with Crippen molar-refractivity contribution in [3.63, 3.8) is 0 Å². The molecule has 0 saturated heterocycles.